The highest BCUT2D eigenvalue weighted by Gasteiger charge is 2.56. The van der Waals surface area contributed by atoms with Gasteiger partial charge >= 0.3 is 0 Å². The van der Waals surface area contributed by atoms with E-state index >= 15 is 0 Å². The van der Waals surface area contributed by atoms with Crippen LogP contribution in [0.3, 0.4) is 0 Å². The van der Waals surface area contributed by atoms with Gasteiger partial charge in [0.2, 0.25) is 0 Å². The molecule has 1 aliphatic rings. The second-order valence-electron chi connectivity index (χ2n) is 6.51. The first-order valence-electron chi connectivity index (χ1n) is 8.43. The Bertz CT molecular complexity index is 974. The van der Waals surface area contributed by atoms with Gasteiger partial charge in [-0.05, 0) is 30.2 Å². The molecule has 0 amide bonds. The summed E-state index contributed by atoms with van der Waals surface area (Å²) < 4.78 is 53.4. The molecule has 0 radical (unpaired) electrons. The number of benzene rings is 1. The second-order valence-corrected chi connectivity index (χ2v) is 7.81. The molecule has 4 rings (SSSR count). The predicted molar refractivity (Wildman–Crippen MR) is 96.2 cm³/mol. The summed E-state index contributed by atoms with van der Waals surface area (Å²) in [5.74, 6) is -2.36. The number of fused-ring (bicyclic) bond motifs is 1. The van der Waals surface area contributed by atoms with Gasteiger partial charge in [-0.3, -0.25) is 9.40 Å². The Morgan fingerprint density at radius 2 is 2.30 bits per heavy atom. The number of hydrogen-bond donors (Lipinski definition) is 1. The molecule has 2 heterocycles. The summed E-state index contributed by atoms with van der Waals surface area (Å²) >= 11 is 0. The average molecular weight is 396 g/mol. The summed E-state index contributed by atoms with van der Waals surface area (Å²) in [6, 6.07) is 5.48. The van der Waals surface area contributed by atoms with Gasteiger partial charge in [-0.25, -0.2) is 13.0 Å². The van der Waals surface area contributed by atoms with E-state index in [-0.39, 0.29) is 24.4 Å². The van der Waals surface area contributed by atoms with Crippen molar-refractivity contribution in [3.63, 3.8) is 0 Å². The van der Waals surface area contributed by atoms with E-state index < -0.39 is 22.8 Å². The standard InChI is InChI=1S/C17H18F2N4O3S/c1-25-13-7-11(10-23-5-2-4-20-23)8-14-15(13)16(21-26-14)22-27(24)6-3-12-9-17(12,18)19/h2,4-5,7-8,12H,3,6,9-10H2,1H3,(H,21,22). The number of nitrogens with zero attached hydrogens (tertiary/aromatic N) is 3. The maximum Gasteiger partial charge on any atom is 0.251 e. The first-order valence-corrected chi connectivity index (χ1v) is 9.75. The first kappa shape index (κ1) is 17.9. The van der Waals surface area contributed by atoms with E-state index in [1.54, 1.807) is 10.9 Å². The highest BCUT2D eigenvalue weighted by molar-refractivity contribution is 7.86. The molecule has 0 bridgehead atoms. The van der Waals surface area contributed by atoms with Crippen LogP contribution in [-0.2, 0) is 17.5 Å². The summed E-state index contributed by atoms with van der Waals surface area (Å²) in [6.45, 7) is 0.532. The molecule has 1 fully saturated rings. The largest absolute Gasteiger partial charge is 0.496 e. The van der Waals surface area contributed by atoms with Gasteiger partial charge in [0.15, 0.2) is 11.4 Å². The number of rotatable bonds is 8. The van der Waals surface area contributed by atoms with Crippen molar-refractivity contribution in [3.8, 4) is 5.75 Å². The number of ether oxygens (including phenoxy) is 1. The topological polar surface area (TPSA) is 82.2 Å². The van der Waals surface area contributed by atoms with Crippen LogP contribution in [0.5, 0.6) is 5.75 Å². The molecule has 2 atom stereocenters. The predicted octanol–water partition coefficient (Wildman–Crippen LogP) is 3.20. The van der Waals surface area contributed by atoms with Crippen molar-refractivity contribution in [2.75, 3.05) is 17.6 Å². The summed E-state index contributed by atoms with van der Waals surface area (Å²) in [5.41, 5.74) is 1.38. The smallest absolute Gasteiger partial charge is 0.251 e. The lowest BCUT2D eigenvalue weighted by molar-refractivity contribution is 0.0983. The number of methoxy groups -OCH3 is 1. The van der Waals surface area contributed by atoms with Gasteiger partial charge < -0.3 is 9.26 Å². The van der Waals surface area contributed by atoms with Crippen molar-refractivity contribution in [1.82, 2.24) is 14.9 Å². The number of nitrogens with one attached hydrogen (secondary N) is 1. The zero-order valence-electron chi connectivity index (χ0n) is 14.5. The van der Waals surface area contributed by atoms with Gasteiger partial charge in [0, 0.05) is 30.5 Å². The van der Waals surface area contributed by atoms with Crippen LogP contribution in [0.4, 0.5) is 14.6 Å². The van der Waals surface area contributed by atoms with E-state index in [2.05, 4.69) is 15.0 Å². The molecule has 1 N–H and O–H groups in total. The summed E-state index contributed by atoms with van der Waals surface area (Å²) in [7, 11) is -0.0132. The molecule has 2 aromatic heterocycles. The van der Waals surface area contributed by atoms with Crippen LogP contribution in [0, 0.1) is 5.92 Å². The second kappa shape index (κ2) is 6.91. The van der Waals surface area contributed by atoms with E-state index in [0.29, 0.717) is 23.3 Å². The van der Waals surface area contributed by atoms with Gasteiger partial charge in [0.25, 0.3) is 5.92 Å². The zero-order valence-corrected chi connectivity index (χ0v) is 15.3. The molecule has 2 unspecified atom stereocenters. The van der Waals surface area contributed by atoms with Crippen LogP contribution in [-0.4, -0.2) is 37.9 Å². The fourth-order valence-corrected chi connectivity index (χ4v) is 3.94. The Hall–Kier alpha value is -2.49. The maximum atomic E-state index is 12.9. The molecule has 1 aliphatic carbocycles. The third kappa shape index (κ3) is 3.80. The molecule has 7 nitrogen and oxygen atoms in total. The lowest BCUT2D eigenvalue weighted by Crippen LogP contribution is -2.11. The van der Waals surface area contributed by atoms with Crippen molar-refractivity contribution < 1.29 is 22.2 Å². The fourth-order valence-electron chi connectivity index (χ4n) is 2.98. The first-order chi connectivity index (χ1) is 13.0. The van der Waals surface area contributed by atoms with Gasteiger partial charge in [0.05, 0.1) is 13.7 Å². The highest BCUT2D eigenvalue weighted by Crippen LogP contribution is 2.50. The minimum absolute atomic E-state index is 0.119. The van der Waals surface area contributed by atoms with Gasteiger partial charge in [-0.1, -0.05) is 5.16 Å². The number of aromatic nitrogens is 3. The molecular weight excluding hydrogens is 378 g/mol. The van der Waals surface area contributed by atoms with E-state index in [1.165, 1.54) is 7.11 Å². The van der Waals surface area contributed by atoms with Crippen LogP contribution in [0.25, 0.3) is 11.0 Å². The fraction of sp³-hybridized carbons (Fsp3) is 0.412. The molecule has 3 aromatic rings. The van der Waals surface area contributed by atoms with Crippen molar-refractivity contribution in [1.29, 1.82) is 0 Å². The highest BCUT2D eigenvalue weighted by atomic mass is 32.2. The molecule has 1 saturated carbocycles. The quantitative estimate of drug-likeness (QED) is 0.632. The lowest BCUT2D eigenvalue weighted by Gasteiger charge is -2.08. The maximum absolute atomic E-state index is 12.9. The SMILES string of the molecule is COc1cc(Cn2cccn2)cc2onc(NS(=O)CCC3CC3(F)F)c12. The summed E-state index contributed by atoms with van der Waals surface area (Å²) in [5, 5.41) is 8.65. The number of alkyl halides is 2. The van der Waals surface area contributed by atoms with Crippen LogP contribution in [0.15, 0.2) is 35.1 Å². The molecule has 0 aliphatic heterocycles. The van der Waals surface area contributed by atoms with Crippen molar-refractivity contribution in [2.24, 2.45) is 5.92 Å². The van der Waals surface area contributed by atoms with E-state index in [1.807, 2.05) is 24.4 Å². The third-order valence-electron chi connectivity index (χ3n) is 4.54. The van der Waals surface area contributed by atoms with E-state index in [9.17, 15) is 13.0 Å². The average Bonchev–Trinajstić information content (AvgIpc) is 3.02. The molecular formula is C17H18F2N4O3S. The Balaban J connectivity index is 1.50. The zero-order chi connectivity index (χ0) is 19.0. The Morgan fingerprint density at radius 1 is 1.48 bits per heavy atom. The van der Waals surface area contributed by atoms with Gasteiger partial charge in [-0.15, -0.1) is 0 Å². The van der Waals surface area contributed by atoms with Crippen LogP contribution < -0.4 is 9.46 Å². The summed E-state index contributed by atoms with van der Waals surface area (Å²) in [4.78, 5) is 0. The van der Waals surface area contributed by atoms with Gasteiger partial charge in [-0.2, -0.15) is 5.10 Å². The van der Waals surface area contributed by atoms with Crippen LogP contribution in [0.2, 0.25) is 0 Å². The Kier molecular flexibility index (Phi) is 4.58. The molecule has 10 heteroatoms. The molecule has 0 spiro atoms. The Morgan fingerprint density at radius 3 is 2.96 bits per heavy atom. The monoisotopic (exact) mass is 396 g/mol. The lowest BCUT2D eigenvalue weighted by atomic mass is 10.1. The minimum atomic E-state index is -2.60. The molecule has 27 heavy (non-hydrogen) atoms. The third-order valence-corrected chi connectivity index (χ3v) is 5.57. The van der Waals surface area contributed by atoms with Crippen molar-refractivity contribution in [2.45, 2.75) is 25.3 Å². The number of anilines is 1. The van der Waals surface area contributed by atoms with Crippen LogP contribution >= 0.6 is 0 Å². The molecule has 144 valence electrons. The number of hydrogen-bond acceptors (Lipinski definition) is 5. The normalized spacial score (nSPS) is 19.1. The van der Waals surface area contributed by atoms with Crippen molar-refractivity contribution >= 4 is 27.8 Å². The van der Waals surface area contributed by atoms with E-state index in [4.69, 9.17) is 9.26 Å². The van der Waals surface area contributed by atoms with Gasteiger partial charge in [0.1, 0.15) is 22.1 Å². The summed E-state index contributed by atoms with van der Waals surface area (Å²) in [6.07, 6.45) is 3.62. The Labute approximate surface area is 156 Å². The van der Waals surface area contributed by atoms with E-state index in [0.717, 1.165) is 5.56 Å². The molecule has 1 aromatic carbocycles. The van der Waals surface area contributed by atoms with Crippen LogP contribution in [0.1, 0.15) is 18.4 Å². The minimum Gasteiger partial charge on any atom is -0.496 e. The number of halogens is 2. The molecule has 0 saturated heterocycles. The van der Waals surface area contributed by atoms with Crippen molar-refractivity contribution in [3.05, 3.63) is 36.2 Å².